The number of methoxy groups -OCH3 is 3. The molecule has 0 heterocycles. The van der Waals surface area contributed by atoms with E-state index in [0.29, 0.717) is 28.5 Å². The Morgan fingerprint density at radius 1 is 1.07 bits per heavy atom. The van der Waals surface area contributed by atoms with Crippen molar-refractivity contribution in [3.63, 3.8) is 0 Å². The lowest BCUT2D eigenvalue weighted by atomic mass is 10.1. The Labute approximate surface area is 177 Å². The zero-order valence-electron chi connectivity index (χ0n) is 18.1. The summed E-state index contributed by atoms with van der Waals surface area (Å²) in [5.41, 5.74) is 1.99. The minimum absolute atomic E-state index is 0.123. The van der Waals surface area contributed by atoms with Crippen LogP contribution in [0.4, 0.5) is 5.69 Å². The van der Waals surface area contributed by atoms with E-state index in [1.165, 1.54) is 21.3 Å². The minimum Gasteiger partial charge on any atom is -0.493 e. The van der Waals surface area contributed by atoms with Gasteiger partial charge in [-0.05, 0) is 43.7 Å². The first-order chi connectivity index (χ1) is 14.1. The maximum Gasteiger partial charge on any atom is 0.243 e. The van der Waals surface area contributed by atoms with E-state index >= 15 is 0 Å². The van der Waals surface area contributed by atoms with Gasteiger partial charge in [-0.2, -0.15) is 0 Å². The summed E-state index contributed by atoms with van der Waals surface area (Å²) in [4.78, 5) is 12.8. The number of anilines is 1. The van der Waals surface area contributed by atoms with Crippen molar-refractivity contribution >= 4 is 21.6 Å². The normalized spacial score (nSPS) is 12.1. The highest BCUT2D eigenvalue weighted by atomic mass is 32.2. The van der Waals surface area contributed by atoms with Gasteiger partial charge in [-0.25, -0.2) is 8.42 Å². The number of aryl methyl sites for hydroxylation is 1. The number of sulfonamides is 1. The van der Waals surface area contributed by atoms with Crippen LogP contribution in [0.2, 0.25) is 0 Å². The summed E-state index contributed by atoms with van der Waals surface area (Å²) in [6.45, 7) is 3.53. The van der Waals surface area contributed by atoms with Gasteiger partial charge in [0.1, 0.15) is 6.04 Å². The quantitative estimate of drug-likeness (QED) is 0.649. The van der Waals surface area contributed by atoms with Gasteiger partial charge in [0, 0.05) is 12.1 Å². The second-order valence-corrected chi connectivity index (χ2v) is 8.64. The number of benzene rings is 2. The van der Waals surface area contributed by atoms with E-state index < -0.39 is 22.0 Å². The molecule has 0 aliphatic carbocycles. The predicted octanol–water partition coefficient (Wildman–Crippen LogP) is 2.49. The van der Waals surface area contributed by atoms with E-state index in [4.69, 9.17) is 14.2 Å². The standard InChI is InChI=1S/C21H28N2O6S/c1-14-8-7-9-17(12-14)23(30(6,25)26)15(2)21(24)22-13-16-10-11-18(27-3)20(29-5)19(16)28-4/h7-12,15H,13H2,1-6H3,(H,22,24)/t15-/m1/s1. The van der Waals surface area contributed by atoms with Crippen molar-refractivity contribution in [1.29, 1.82) is 0 Å². The Balaban J connectivity index is 2.26. The number of nitrogens with zero attached hydrogens (tertiary/aromatic N) is 1. The van der Waals surface area contributed by atoms with Crippen LogP contribution >= 0.6 is 0 Å². The number of amides is 1. The maximum atomic E-state index is 12.8. The predicted molar refractivity (Wildman–Crippen MR) is 116 cm³/mol. The van der Waals surface area contributed by atoms with Crippen LogP contribution < -0.4 is 23.8 Å². The fourth-order valence-electron chi connectivity index (χ4n) is 3.21. The molecule has 2 aromatic rings. The van der Waals surface area contributed by atoms with E-state index in [-0.39, 0.29) is 6.54 Å². The van der Waals surface area contributed by atoms with Gasteiger partial charge >= 0.3 is 0 Å². The first-order valence-electron chi connectivity index (χ1n) is 9.25. The van der Waals surface area contributed by atoms with Gasteiger partial charge in [0.15, 0.2) is 11.5 Å². The van der Waals surface area contributed by atoms with E-state index in [1.54, 1.807) is 37.3 Å². The van der Waals surface area contributed by atoms with Crippen molar-refractivity contribution in [1.82, 2.24) is 5.32 Å². The summed E-state index contributed by atoms with van der Waals surface area (Å²) in [7, 11) is 0.827. The third kappa shape index (κ3) is 5.15. The highest BCUT2D eigenvalue weighted by Crippen LogP contribution is 2.39. The number of carbonyl (C=O) groups excluding carboxylic acids is 1. The summed E-state index contributed by atoms with van der Waals surface area (Å²) in [5, 5.41) is 2.78. The zero-order chi connectivity index (χ0) is 22.5. The average molecular weight is 437 g/mol. The molecule has 0 saturated heterocycles. The Hall–Kier alpha value is -2.94. The molecule has 0 bridgehead atoms. The van der Waals surface area contributed by atoms with Crippen molar-refractivity contribution in [2.75, 3.05) is 31.9 Å². The van der Waals surface area contributed by atoms with Crippen molar-refractivity contribution in [2.45, 2.75) is 26.4 Å². The first kappa shape index (κ1) is 23.3. The van der Waals surface area contributed by atoms with E-state index in [0.717, 1.165) is 16.1 Å². The summed E-state index contributed by atoms with van der Waals surface area (Å²) in [5.74, 6) is 0.903. The van der Waals surface area contributed by atoms with Crippen LogP contribution in [0.15, 0.2) is 36.4 Å². The number of hydrogen-bond acceptors (Lipinski definition) is 6. The monoisotopic (exact) mass is 436 g/mol. The van der Waals surface area contributed by atoms with Gasteiger partial charge < -0.3 is 19.5 Å². The molecule has 0 saturated carbocycles. The number of carbonyl (C=O) groups is 1. The largest absolute Gasteiger partial charge is 0.493 e. The van der Waals surface area contributed by atoms with Gasteiger partial charge in [0.05, 0.1) is 33.3 Å². The van der Waals surface area contributed by atoms with Gasteiger partial charge in [-0.3, -0.25) is 9.10 Å². The van der Waals surface area contributed by atoms with E-state index in [2.05, 4.69) is 5.32 Å². The average Bonchev–Trinajstić information content (AvgIpc) is 2.70. The molecule has 0 aliphatic heterocycles. The second kappa shape index (κ2) is 9.71. The minimum atomic E-state index is -3.68. The fourth-order valence-corrected chi connectivity index (χ4v) is 4.37. The van der Waals surface area contributed by atoms with Crippen molar-refractivity contribution in [3.8, 4) is 17.2 Å². The molecule has 2 aromatic carbocycles. The molecule has 9 heteroatoms. The fraction of sp³-hybridized carbons (Fsp3) is 0.381. The molecule has 164 valence electrons. The first-order valence-corrected chi connectivity index (χ1v) is 11.1. The summed E-state index contributed by atoms with van der Waals surface area (Å²) < 4.78 is 42.0. The smallest absolute Gasteiger partial charge is 0.243 e. The molecule has 8 nitrogen and oxygen atoms in total. The molecule has 2 rings (SSSR count). The van der Waals surface area contributed by atoms with Crippen LogP contribution in [0.5, 0.6) is 17.2 Å². The molecule has 0 fully saturated rings. The van der Waals surface area contributed by atoms with Crippen LogP contribution in [-0.2, 0) is 21.4 Å². The Kier molecular flexibility index (Phi) is 7.55. The second-order valence-electron chi connectivity index (χ2n) is 6.79. The van der Waals surface area contributed by atoms with Gasteiger partial charge in [-0.1, -0.05) is 12.1 Å². The van der Waals surface area contributed by atoms with E-state index in [9.17, 15) is 13.2 Å². The van der Waals surface area contributed by atoms with Crippen LogP contribution in [0, 0.1) is 6.92 Å². The summed E-state index contributed by atoms with van der Waals surface area (Å²) in [6, 6.07) is 9.51. The third-order valence-electron chi connectivity index (χ3n) is 4.58. The van der Waals surface area contributed by atoms with Crippen LogP contribution in [0.3, 0.4) is 0 Å². The topological polar surface area (TPSA) is 94.2 Å². The van der Waals surface area contributed by atoms with Crippen molar-refractivity contribution in [3.05, 3.63) is 47.5 Å². The lowest BCUT2D eigenvalue weighted by Crippen LogP contribution is -2.47. The molecule has 30 heavy (non-hydrogen) atoms. The highest BCUT2D eigenvalue weighted by Gasteiger charge is 2.29. The number of ether oxygens (including phenoxy) is 3. The molecule has 1 amide bonds. The third-order valence-corrected chi connectivity index (χ3v) is 5.83. The van der Waals surface area contributed by atoms with Crippen LogP contribution in [0.1, 0.15) is 18.1 Å². The zero-order valence-corrected chi connectivity index (χ0v) is 18.9. The molecule has 0 unspecified atom stereocenters. The molecular weight excluding hydrogens is 408 g/mol. The molecule has 0 aromatic heterocycles. The van der Waals surface area contributed by atoms with Gasteiger partial charge in [0.2, 0.25) is 21.7 Å². The molecule has 1 atom stereocenters. The van der Waals surface area contributed by atoms with Crippen LogP contribution in [0.25, 0.3) is 0 Å². The summed E-state index contributed by atoms with van der Waals surface area (Å²) >= 11 is 0. The van der Waals surface area contributed by atoms with Crippen LogP contribution in [-0.4, -0.2) is 48.0 Å². The van der Waals surface area contributed by atoms with Crippen molar-refractivity contribution < 1.29 is 27.4 Å². The number of hydrogen-bond donors (Lipinski definition) is 1. The van der Waals surface area contributed by atoms with Crippen molar-refractivity contribution in [2.24, 2.45) is 0 Å². The Bertz CT molecular complexity index is 1010. The van der Waals surface area contributed by atoms with E-state index in [1.807, 2.05) is 13.0 Å². The van der Waals surface area contributed by atoms with Gasteiger partial charge in [-0.15, -0.1) is 0 Å². The highest BCUT2D eigenvalue weighted by molar-refractivity contribution is 7.92. The molecule has 0 aliphatic rings. The summed E-state index contributed by atoms with van der Waals surface area (Å²) in [6.07, 6.45) is 1.08. The Morgan fingerprint density at radius 2 is 1.73 bits per heavy atom. The molecule has 0 radical (unpaired) electrons. The lowest BCUT2D eigenvalue weighted by molar-refractivity contribution is -0.122. The number of rotatable bonds is 9. The van der Waals surface area contributed by atoms with Gasteiger partial charge in [0.25, 0.3) is 0 Å². The Morgan fingerprint density at radius 3 is 2.27 bits per heavy atom. The number of nitrogens with one attached hydrogen (secondary N) is 1. The lowest BCUT2D eigenvalue weighted by Gasteiger charge is -2.28. The molecular formula is C21H28N2O6S. The molecule has 0 spiro atoms. The maximum absolute atomic E-state index is 12.8. The molecule has 1 N–H and O–H groups in total. The SMILES string of the molecule is COc1ccc(CNC(=O)[C@@H](C)N(c2cccc(C)c2)S(C)(=O)=O)c(OC)c1OC.